The lowest BCUT2D eigenvalue weighted by Gasteiger charge is -2.41. The fourth-order valence-corrected chi connectivity index (χ4v) is 4.74. The smallest absolute Gasteiger partial charge is 0.416 e. The zero-order valence-corrected chi connectivity index (χ0v) is 20.7. The van der Waals surface area contributed by atoms with Gasteiger partial charge in [-0.3, -0.25) is 4.79 Å². The number of carbonyl (C=O) groups excluding carboxylic acids is 2. The highest BCUT2D eigenvalue weighted by molar-refractivity contribution is 6.74. The lowest BCUT2D eigenvalue weighted by atomic mass is 9.95. The second-order valence-electron chi connectivity index (χ2n) is 9.75. The Bertz CT molecular complexity index is 782. The first kappa shape index (κ1) is 24.3. The molecule has 0 N–H and O–H groups in total. The lowest BCUT2D eigenvalue weighted by molar-refractivity contribution is -0.135. The molecular weight excluding hydrogens is 394 g/mol. The largest absolute Gasteiger partial charge is 0.447 e. The van der Waals surface area contributed by atoms with Crippen molar-refractivity contribution in [3.63, 3.8) is 0 Å². The van der Waals surface area contributed by atoms with Crippen LogP contribution in [-0.2, 0) is 20.4 Å². The average molecular weight is 432 g/mol. The summed E-state index contributed by atoms with van der Waals surface area (Å²) in [6.07, 6.45) is 1.65. The van der Waals surface area contributed by atoms with Crippen LogP contribution in [0.1, 0.15) is 47.1 Å². The van der Waals surface area contributed by atoms with E-state index in [0.29, 0.717) is 6.42 Å². The molecule has 3 atom stereocenters. The number of carbonyl (C=O) groups is 2. The molecule has 1 fully saturated rings. The highest BCUT2D eigenvalue weighted by Gasteiger charge is 2.45. The van der Waals surface area contributed by atoms with Gasteiger partial charge in [0, 0.05) is 0 Å². The van der Waals surface area contributed by atoms with E-state index >= 15 is 0 Å². The van der Waals surface area contributed by atoms with E-state index in [9.17, 15) is 9.59 Å². The maximum atomic E-state index is 13.5. The molecule has 1 aromatic carbocycles. The molecule has 2 rings (SSSR count). The summed E-state index contributed by atoms with van der Waals surface area (Å²) in [5.41, 5.74) is 2.08. The van der Waals surface area contributed by atoms with Crippen molar-refractivity contribution in [3.05, 3.63) is 47.5 Å². The molecule has 5 nitrogen and oxygen atoms in total. The van der Waals surface area contributed by atoms with Gasteiger partial charge < -0.3 is 9.16 Å². The third-order valence-electron chi connectivity index (χ3n) is 6.49. The Kier molecular flexibility index (Phi) is 7.69. The molecule has 1 saturated heterocycles. The minimum Gasteiger partial charge on any atom is -0.447 e. The van der Waals surface area contributed by atoms with Crippen LogP contribution in [0.25, 0.3) is 0 Å². The maximum Gasteiger partial charge on any atom is 0.416 e. The molecule has 1 aliphatic rings. The molecule has 2 amide bonds. The van der Waals surface area contributed by atoms with Crippen molar-refractivity contribution in [2.24, 2.45) is 5.92 Å². The summed E-state index contributed by atoms with van der Waals surface area (Å²) in [6, 6.07) is 9.58. The van der Waals surface area contributed by atoms with Gasteiger partial charge in [-0.05, 0) is 49.5 Å². The monoisotopic (exact) mass is 431 g/mol. The number of ether oxygens (including phenoxy) is 1. The highest BCUT2D eigenvalue weighted by Crippen LogP contribution is 2.39. The predicted octanol–water partition coefficient (Wildman–Crippen LogP) is 5.57. The minimum atomic E-state index is -2.12. The normalized spacial score (nSPS) is 20.1. The fraction of sp³-hybridized carbons (Fsp3) is 0.583. The molecule has 1 aliphatic heterocycles. The van der Waals surface area contributed by atoms with Gasteiger partial charge in [-0.2, -0.15) is 0 Å². The first-order valence-electron chi connectivity index (χ1n) is 10.7. The van der Waals surface area contributed by atoms with Crippen LogP contribution < -0.4 is 0 Å². The summed E-state index contributed by atoms with van der Waals surface area (Å²) < 4.78 is 11.9. The van der Waals surface area contributed by atoms with Crippen LogP contribution >= 0.6 is 0 Å². The molecule has 0 spiro atoms. The summed E-state index contributed by atoms with van der Waals surface area (Å²) >= 11 is 0. The average Bonchev–Trinajstić information content (AvgIpc) is 3.04. The Morgan fingerprint density at radius 1 is 1.30 bits per heavy atom. The lowest BCUT2D eigenvalue weighted by Crippen LogP contribution is -2.50. The van der Waals surface area contributed by atoms with E-state index in [-0.39, 0.29) is 29.7 Å². The first-order valence-corrected chi connectivity index (χ1v) is 13.6. The van der Waals surface area contributed by atoms with Crippen molar-refractivity contribution < 1.29 is 18.8 Å². The van der Waals surface area contributed by atoms with Gasteiger partial charge in [0.25, 0.3) is 0 Å². The van der Waals surface area contributed by atoms with Crippen LogP contribution in [-0.4, -0.2) is 44.0 Å². The number of nitrogens with zero attached hydrogens (tertiary/aromatic N) is 1. The Balaban J connectivity index is 2.26. The third-order valence-corrected chi connectivity index (χ3v) is 10.9. The first-order chi connectivity index (χ1) is 13.9. The quantitative estimate of drug-likeness (QED) is 0.418. The van der Waals surface area contributed by atoms with Gasteiger partial charge in [0.15, 0.2) is 8.32 Å². The van der Waals surface area contributed by atoms with E-state index in [1.165, 1.54) is 4.90 Å². The molecule has 0 unspecified atom stereocenters. The SMILES string of the molecule is C/C=C(\C)[C@H](O[Si](C)(C)C(C)(C)C)[C@H](C)C(=O)N1C(=O)OC[C@@H]1Cc1ccccc1. The second kappa shape index (κ2) is 9.48. The van der Waals surface area contributed by atoms with Crippen molar-refractivity contribution >= 4 is 20.3 Å². The molecule has 0 aromatic heterocycles. The number of imide groups is 1. The number of hydrogen-bond acceptors (Lipinski definition) is 4. The standard InChI is InChI=1S/C24H37NO4Si/c1-9-17(2)21(29-30(7,8)24(4,5)6)18(3)22(26)25-20(16-28-23(25)27)15-19-13-11-10-12-14-19/h9-14,18,20-21H,15-16H2,1-8H3/b17-9+/t18-,20-,21-/m0/s1. The topological polar surface area (TPSA) is 55.8 Å². The number of rotatable bonds is 7. The van der Waals surface area contributed by atoms with Gasteiger partial charge in [0.1, 0.15) is 6.61 Å². The summed E-state index contributed by atoms with van der Waals surface area (Å²) in [4.78, 5) is 27.3. The van der Waals surface area contributed by atoms with Crippen LogP contribution in [0.4, 0.5) is 4.79 Å². The number of hydrogen-bond donors (Lipinski definition) is 0. The Labute approximate surface area is 182 Å². The predicted molar refractivity (Wildman–Crippen MR) is 123 cm³/mol. The van der Waals surface area contributed by atoms with Gasteiger partial charge in [-0.25, -0.2) is 9.69 Å². The van der Waals surface area contributed by atoms with Crippen molar-refractivity contribution in [2.45, 2.75) is 78.2 Å². The zero-order valence-electron chi connectivity index (χ0n) is 19.7. The van der Waals surface area contributed by atoms with Crippen molar-refractivity contribution in [3.8, 4) is 0 Å². The molecule has 6 heteroatoms. The van der Waals surface area contributed by atoms with Crippen LogP contribution in [0.2, 0.25) is 18.1 Å². The molecule has 1 heterocycles. The zero-order chi connectivity index (χ0) is 22.7. The van der Waals surface area contributed by atoms with Crippen LogP contribution in [0.15, 0.2) is 42.0 Å². The molecule has 1 aromatic rings. The number of benzene rings is 1. The van der Waals surface area contributed by atoms with Gasteiger partial charge in [-0.15, -0.1) is 0 Å². The second-order valence-corrected chi connectivity index (χ2v) is 14.5. The van der Waals surface area contributed by atoms with E-state index < -0.39 is 20.3 Å². The molecule has 0 aliphatic carbocycles. The van der Waals surface area contributed by atoms with Crippen molar-refractivity contribution in [2.75, 3.05) is 6.61 Å². The van der Waals surface area contributed by atoms with Gasteiger partial charge >= 0.3 is 6.09 Å². The molecule has 166 valence electrons. The summed E-state index contributed by atoms with van der Waals surface area (Å²) in [6.45, 7) is 16.9. The van der Waals surface area contributed by atoms with Crippen LogP contribution in [0.5, 0.6) is 0 Å². The van der Waals surface area contributed by atoms with Gasteiger partial charge in [0.05, 0.1) is 18.1 Å². The molecule has 0 radical (unpaired) electrons. The molecule has 0 bridgehead atoms. The summed E-state index contributed by atoms with van der Waals surface area (Å²) in [5, 5.41) is 0.0183. The third kappa shape index (κ3) is 5.41. The van der Waals surface area contributed by atoms with E-state index in [1.807, 2.05) is 57.2 Å². The van der Waals surface area contributed by atoms with Gasteiger partial charge in [0.2, 0.25) is 5.91 Å². The summed E-state index contributed by atoms with van der Waals surface area (Å²) in [7, 11) is -2.12. The van der Waals surface area contributed by atoms with E-state index in [2.05, 4.69) is 33.9 Å². The van der Waals surface area contributed by atoms with Crippen LogP contribution in [0, 0.1) is 5.92 Å². The van der Waals surface area contributed by atoms with Crippen LogP contribution in [0.3, 0.4) is 0 Å². The van der Waals surface area contributed by atoms with Crippen molar-refractivity contribution in [1.82, 2.24) is 4.90 Å². The number of cyclic esters (lactones) is 1. The number of allylic oxidation sites excluding steroid dienone is 1. The Morgan fingerprint density at radius 2 is 1.90 bits per heavy atom. The van der Waals surface area contributed by atoms with E-state index in [4.69, 9.17) is 9.16 Å². The highest BCUT2D eigenvalue weighted by atomic mass is 28.4. The Hall–Kier alpha value is -1.92. The van der Waals surface area contributed by atoms with Crippen molar-refractivity contribution in [1.29, 1.82) is 0 Å². The number of amides is 2. The van der Waals surface area contributed by atoms with Gasteiger partial charge in [-0.1, -0.05) is 64.1 Å². The van der Waals surface area contributed by atoms with E-state index in [1.54, 1.807) is 0 Å². The molecular formula is C24H37NO4Si. The fourth-order valence-electron chi connectivity index (χ4n) is 3.36. The minimum absolute atomic E-state index is 0.0183. The maximum absolute atomic E-state index is 13.5. The molecule has 30 heavy (non-hydrogen) atoms. The van der Waals surface area contributed by atoms with E-state index in [0.717, 1.165) is 11.1 Å². The summed E-state index contributed by atoms with van der Waals surface area (Å²) in [5.74, 6) is -0.720. The Morgan fingerprint density at radius 3 is 2.43 bits per heavy atom. The molecule has 0 saturated carbocycles.